The van der Waals surface area contributed by atoms with Gasteiger partial charge in [0.2, 0.25) is 0 Å². The highest BCUT2D eigenvalue weighted by Gasteiger charge is 2.38. The molecule has 0 aromatic rings. The lowest BCUT2D eigenvalue weighted by molar-refractivity contribution is -0.116. The molecule has 2 saturated carbocycles. The summed E-state index contributed by atoms with van der Waals surface area (Å²) < 4.78 is 0. The summed E-state index contributed by atoms with van der Waals surface area (Å²) in [6, 6.07) is 0. The Hall–Kier alpha value is -0.790. The zero-order valence-corrected chi connectivity index (χ0v) is 7.12. The van der Waals surface area contributed by atoms with Crippen LogP contribution >= 0.6 is 0 Å². The predicted molar refractivity (Wildman–Crippen MR) is 45.8 cm³/mol. The lowest BCUT2D eigenvalue weighted by Crippen LogP contribution is -2.06. The Morgan fingerprint density at radius 1 is 1.25 bits per heavy atom. The molecule has 0 bridgehead atoms. The van der Waals surface area contributed by atoms with Crippen molar-refractivity contribution in [1.29, 1.82) is 0 Å². The van der Waals surface area contributed by atoms with Crippen molar-refractivity contribution in [2.45, 2.75) is 32.1 Å². The summed E-state index contributed by atoms with van der Waals surface area (Å²) in [4.78, 5) is 11.3. The molecular weight excluding hydrogens is 152 g/mol. The Kier molecular flexibility index (Phi) is 1.91. The number of ketones is 1. The highest BCUT2D eigenvalue weighted by atomic mass is 16.2. The first-order chi connectivity index (χ1) is 5.81. The highest BCUT2D eigenvalue weighted by Crippen LogP contribution is 2.47. The predicted octanol–water partition coefficient (Wildman–Crippen LogP) is 2.21. The van der Waals surface area contributed by atoms with E-state index in [2.05, 4.69) is 0 Å². The minimum atomic E-state index is 0.155. The van der Waals surface area contributed by atoms with Crippen molar-refractivity contribution in [2.75, 3.05) is 0 Å². The molecule has 2 fully saturated rings. The zero-order chi connectivity index (χ0) is 8.55. The normalized spacial score (nSPS) is 38.7. The van der Waals surface area contributed by atoms with Gasteiger partial charge < -0.3 is 5.11 Å². The third-order valence-electron chi connectivity index (χ3n) is 3.11. The Morgan fingerprint density at radius 3 is 2.58 bits per heavy atom. The van der Waals surface area contributed by atoms with Crippen LogP contribution in [0, 0.1) is 11.8 Å². The van der Waals surface area contributed by atoms with Crippen molar-refractivity contribution in [3.8, 4) is 0 Å². The second-order valence-electron chi connectivity index (χ2n) is 3.91. The molecule has 0 spiro atoms. The van der Waals surface area contributed by atoms with Crippen LogP contribution in [0.4, 0.5) is 0 Å². The fraction of sp³-hybridized carbons (Fsp3) is 0.700. The number of allylic oxidation sites excluding steroid dienone is 1. The van der Waals surface area contributed by atoms with Crippen molar-refractivity contribution in [2.24, 2.45) is 11.8 Å². The average Bonchev–Trinajstić information content (AvgIpc) is 2.78. The molecule has 66 valence electrons. The van der Waals surface area contributed by atoms with Crippen molar-refractivity contribution in [1.82, 2.24) is 0 Å². The third-order valence-corrected chi connectivity index (χ3v) is 3.11. The minimum Gasteiger partial charge on any atom is -0.515 e. The quantitative estimate of drug-likeness (QED) is 0.442. The second kappa shape index (κ2) is 2.92. The summed E-state index contributed by atoms with van der Waals surface area (Å²) in [7, 11) is 0. The van der Waals surface area contributed by atoms with E-state index in [1.165, 1.54) is 6.42 Å². The van der Waals surface area contributed by atoms with Crippen LogP contribution in [0.1, 0.15) is 32.1 Å². The number of aliphatic hydroxyl groups is 1. The van der Waals surface area contributed by atoms with Crippen molar-refractivity contribution >= 4 is 5.78 Å². The number of carbonyl (C=O) groups excluding carboxylic acids is 1. The van der Waals surface area contributed by atoms with E-state index < -0.39 is 0 Å². The van der Waals surface area contributed by atoms with Crippen LogP contribution in [-0.2, 0) is 4.79 Å². The van der Waals surface area contributed by atoms with Crippen molar-refractivity contribution in [3.63, 3.8) is 0 Å². The molecule has 0 aliphatic heterocycles. The summed E-state index contributed by atoms with van der Waals surface area (Å²) in [5.41, 5.74) is 0.639. The summed E-state index contributed by atoms with van der Waals surface area (Å²) >= 11 is 0. The zero-order valence-electron chi connectivity index (χ0n) is 7.12. The molecule has 0 unspecified atom stereocenters. The van der Waals surface area contributed by atoms with Crippen LogP contribution in [0.5, 0.6) is 0 Å². The number of carbonyl (C=O) groups is 1. The molecule has 2 heteroatoms. The lowest BCUT2D eigenvalue weighted by Gasteiger charge is -2.08. The molecule has 2 aliphatic rings. The van der Waals surface area contributed by atoms with Crippen LogP contribution < -0.4 is 0 Å². The summed E-state index contributed by atoms with van der Waals surface area (Å²) in [6.07, 6.45) is 5.89. The smallest absolute Gasteiger partial charge is 0.161 e. The molecule has 2 atom stereocenters. The lowest BCUT2D eigenvalue weighted by atomic mass is 9.96. The number of hydrogen-bond acceptors (Lipinski definition) is 2. The van der Waals surface area contributed by atoms with Gasteiger partial charge in [0.1, 0.15) is 0 Å². The SMILES string of the molecule is O=C1CC[C@H]2C[C@@H]2CC/C1=C\O. The molecule has 2 nitrogen and oxygen atoms in total. The molecule has 1 N–H and O–H groups in total. The first-order valence-electron chi connectivity index (χ1n) is 4.67. The van der Waals surface area contributed by atoms with E-state index in [9.17, 15) is 4.79 Å². The molecule has 0 radical (unpaired) electrons. The fourth-order valence-corrected chi connectivity index (χ4v) is 2.11. The number of hydrogen-bond donors (Lipinski definition) is 1. The minimum absolute atomic E-state index is 0.155. The van der Waals surface area contributed by atoms with Crippen LogP contribution in [-0.4, -0.2) is 10.9 Å². The third kappa shape index (κ3) is 1.38. The maximum absolute atomic E-state index is 11.3. The number of rotatable bonds is 0. The van der Waals surface area contributed by atoms with Crippen LogP contribution in [0.3, 0.4) is 0 Å². The van der Waals surface area contributed by atoms with E-state index in [-0.39, 0.29) is 5.78 Å². The van der Waals surface area contributed by atoms with E-state index in [4.69, 9.17) is 5.11 Å². The van der Waals surface area contributed by atoms with Gasteiger partial charge in [0.25, 0.3) is 0 Å². The van der Waals surface area contributed by atoms with Gasteiger partial charge in [-0.3, -0.25) is 4.79 Å². The molecule has 0 aromatic heterocycles. The first-order valence-corrected chi connectivity index (χ1v) is 4.67. The Morgan fingerprint density at radius 2 is 1.92 bits per heavy atom. The van der Waals surface area contributed by atoms with E-state index in [1.54, 1.807) is 0 Å². The maximum Gasteiger partial charge on any atom is 0.161 e. The van der Waals surface area contributed by atoms with Gasteiger partial charge in [-0.2, -0.15) is 0 Å². The first kappa shape index (κ1) is 7.84. The van der Waals surface area contributed by atoms with Crippen LogP contribution in [0.15, 0.2) is 11.8 Å². The van der Waals surface area contributed by atoms with E-state index in [0.29, 0.717) is 12.0 Å². The van der Waals surface area contributed by atoms with Gasteiger partial charge in [-0.15, -0.1) is 0 Å². The molecule has 12 heavy (non-hydrogen) atoms. The molecule has 0 amide bonds. The average molecular weight is 166 g/mol. The van der Waals surface area contributed by atoms with Gasteiger partial charge in [0.15, 0.2) is 5.78 Å². The fourth-order valence-electron chi connectivity index (χ4n) is 2.11. The molecule has 2 aliphatic carbocycles. The Balaban J connectivity index is 2.03. The van der Waals surface area contributed by atoms with Crippen LogP contribution in [0.2, 0.25) is 0 Å². The second-order valence-corrected chi connectivity index (χ2v) is 3.91. The summed E-state index contributed by atoms with van der Waals surface area (Å²) in [6.45, 7) is 0. The molecule has 0 aromatic carbocycles. The number of fused-ring (bicyclic) bond motifs is 1. The number of aliphatic hydroxyl groups excluding tert-OH is 1. The summed E-state index contributed by atoms with van der Waals surface area (Å²) in [5.74, 6) is 1.84. The van der Waals surface area contributed by atoms with Gasteiger partial charge in [-0.1, -0.05) is 0 Å². The highest BCUT2D eigenvalue weighted by molar-refractivity contribution is 5.95. The maximum atomic E-state index is 11.3. The van der Waals surface area contributed by atoms with Gasteiger partial charge in [-0.05, 0) is 37.5 Å². The Bertz CT molecular complexity index is 230. The van der Waals surface area contributed by atoms with E-state index in [1.807, 2.05) is 0 Å². The topological polar surface area (TPSA) is 37.3 Å². The molecule has 2 rings (SSSR count). The van der Waals surface area contributed by atoms with E-state index >= 15 is 0 Å². The van der Waals surface area contributed by atoms with Crippen molar-refractivity contribution in [3.05, 3.63) is 11.8 Å². The molecule has 0 heterocycles. The van der Waals surface area contributed by atoms with Crippen LogP contribution in [0.25, 0.3) is 0 Å². The van der Waals surface area contributed by atoms with Gasteiger partial charge in [0, 0.05) is 12.0 Å². The standard InChI is InChI=1S/C10H14O2/c11-6-9-2-1-7-5-8(7)3-4-10(9)12/h6-8,11H,1-5H2/b9-6+/t7-,8-/m0/s1. The summed E-state index contributed by atoms with van der Waals surface area (Å²) in [5, 5.41) is 8.80. The largest absolute Gasteiger partial charge is 0.515 e. The Labute approximate surface area is 72.3 Å². The van der Waals surface area contributed by atoms with Gasteiger partial charge in [-0.25, -0.2) is 0 Å². The van der Waals surface area contributed by atoms with Crippen molar-refractivity contribution < 1.29 is 9.90 Å². The van der Waals surface area contributed by atoms with Gasteiger partial charge in [0.05, 0.1) is 6.26 Å². The molecule has 0 saturated heterocycles. The number of Topliss-reactive ketones (excluding diaryl/α,β-unsaturated/α-hetero) is 1. The van der Waals surface area contributed by atoms with Gasteiger partial charge >= 0.3 is 0 Å². The van der Waals surface area contributed by atoms with E-state index in [0.717, 1.165) is 37.4 Å². The monoisotopic (exact) mass is 166 g/mol. The molecular formula is C10H14O2.